The van der Waals surface area contributed by atoms with E-state index in [-0.39, 0.29) is 6.04 Å². The molecule has 0 radical (unpaired) electrons. The molecule has 3 aliphatic carbocycles. The molecule has 38 heavy (non-hydrogen) atoms. The fourth-order valence-electron chi connectivity index (χ4n) is 6.69. The lowest BCUT2D eigenvalue weighted by Gasteiger charge is -2.31. The third kappa shape index (κ3) is 3.42. The molecule has 3 atom stereocenters. The summed E-state index contributed by atoms with van der Waals surface area (Å²) in [6.45, 7) is 0. The smallest absolute Gasteiger partial charge is 0.134 e. The van der Waals surface area contributed by atoms with E-state index in [2.05, 4.69) is 120 Å². The van der Waals surface area contributed by atoms with Gasteiger partial charge in [0.2, 0.25) is 0 Å². The molecule has 0 saturated heterocycles. The van der Waals surface area contributed by atoms with Crippen molar-refractivity contribution in [1.82, 2.24) is 4.98 Å². The number of fused-ring (bicyclic) bond motifs is 6. The number of thiophene rings is 1. The standard InChI is InChI=1S/C35H28N2S/c1-3-11-23(12-4-1)25-21-30(24-13-5-2-6-14-24)36-33(22-25)37-31-17-9-7-15-26(31)28-19-20-29-27-16-8-10-18-32(27)38-35(29)34(28)37/h1-11,13-18,21-23,26,31H,12,19-20H2. The van der Waals surface area contributed by atoms with Crippen LogP contribution < -0.4 is 4.90 Å². The van der Waals surface area contributed by atoms with Gasteiger partial charge in [0.25, 0.3) is 0 Å². The van der Waals surface area contributed by atoms with Gasteiger partial charge in [0, 0.05) is 22.1 Å². The van der Waals surface area contributed by atoms with Crippen molar-refractivity contribution in [3.63, 3.8) is 0 Å². The van der Waals surface area contributed by atoms with E-state index in [0.29, 0.717) is 11.8 Å². The molecule has 3 heteroatoms. The van der Waals surface area contributed by atoms with Crippen molar-refractivity contribution >= 4 is 32.9 Å². The molecule has 0 fully saturated rings. The fraction of sp³-hybridized carbons (Fsp3) is 0.171. The summed E-state index contributed by atoms with van der Waals surface area (Å²) in [5, 5.41) is 1.42. The molecule has 0 spiro atoms. The second-order valence-electron chi connectivity index (χ2n) is 10.6. The van der Waals surface area contributed by atoms with Gasteiger partial charge < -0.3 is 4.90 Å². The van der Waals surface area contributed by atoms with Crippen molar-refractivity contribution in [1.29, 1.82) is 0 Å². The van der Waals surface area contributed by atoms with Crippen LogP contribution in [0.3, 0.4) is 0 Å². The number of aromatic nitrogens is 1. The number of benzene rings is 2. The van der Waals surface area contributed by atoms with Gasteiger partial charge in [-0.05, 0) is 59.5 Å². The van der Waals surface area contributed by atoms with Gasteiger partial charge >= 0.3 is 0 Å². The first-order valence-corrected chi connectivity index (χ1v) is 14.5. The lowest BCUT2D eigenvalue weighted by Crippen LogP contribution is -2.33. The van der Waals surface area contributed by atoms with Crippen LogP contribution in [0.4, 0.5) is 5.82 Å². The van der Waals surface area contributed by atoms with Crippen LogP contribution in [0.25, 0.3) is 27.0 Å². The Kier molecular flexibility index (Phi) is 5.12. The molecule has 0 saturated carbocycles. The van der Waals surface area contributed by atoms with Gasteiger partial charge in [-0.1, -0.05) is 97.1 Å². The summed E-state index contributed by atoms with van der Waals surface area (Å²) in [5.74, 6) is 1.83. The SMILES string of the molecule is C1=CCC(c2cc(-c3ccccc3)nc(N3C4=C(CCc5c4sc4ccccc54)C4C=CC=CC43)c2)C=C1. The quantitative estimate of drug-likeness (QED) is 0.275. The first-order valence-electron chi connectivity index (χ1n) is 13.6. The Bertz CT molecular complexity index is 1720. The van der Waals surface area contributed by atoms with Gasteiger partial charge in [-0.25, -0.2) is 4.98 Å². The zero-order chi connectivity index (χ0) is 25.1. The van der Waals surface area contributed by atoms with Crippen LogP contribution in [-0.2, 0) is 6.42 Å². The van der Waals surface area contributed by atoms with Gasteiger partial charge in [0.1, 0.15) is 5.82 Å². The second-order valence-corrected chi connectivity index (χ2v) is 11.7. The van der Waals surface area contributed by atoms with E-state index in [9.17, 15) is 0 Å². The monoisotopic (exact) mass is 508 g/mol. The zero-order valence-electron chi connectivity index (χ0n) is 21.1. The number of aryl methyl sites for hydroxylation is 1. The molecule has 2 aromatic carbocycles. The molecule has 0 N–H and O–H groups in total. The molecule has 184 valence electrons. The van der Waals surface area contributed by atoms with E-state index in [1.165, 1.54) is 37.4 Å². The molecule has 8 rings (SSSR count). The molecule has 2 nitrogen and oxygen atoms in total. The topological polar surface area (TPSA) is 16.1 Å². The summed E-state index contributed by atoms with van der Waals surface area (Å²) in [6.07, 6.45) is 21.4. The Morgan fingerprint density at radius 2 is 1.66 bits per heavy atom. The predicted molar refractivity (Wildman–Crippen MR) is 160 cm³/mol. The largest absolute Gasteiger partial charge is 0.317 e. The number of rotatable bonds is 3. The number of hydrogen-bond donors (Lipinski definition) is 0. The molecule has 0 amide bonds. The summed E-state index contributed by atoms with van der Waals surface area (Å²) in [6, 6.07) is 24.5. The molecule has 3 unspecified atom stereocenters. The average molecular weight is 509 g/mol. The van der Waals surface area contributed by atoms with Crippen LogP contribution in [-0.4, -0.2) is 11.0 Å². The van der Waals surface area contributed by atoms with Crippen molar-refractivity contribution in [2.45, 2.75) is 31.2 Å². The Morgan fingerprint density at radius 3 is 2.55 bits per heavy atom. The maximum Gasteiger partial charge on any atom is 0.134 e. The van der Waals surface area contributed by atoms with Crippen LogP contribution in [0.5, 0.6) is 0 Å². The third-order valence-corrected chi connectivity index (χ3v) is 9.69. The number of anilines is 1. The van der Waals surface area contributed by atoms with Crippen molar-refractivity contribution in [3.8, 4) is 11.3 Å². The molecule has 0 bridgehead atoms. The number of pyridine rings is 1. The summed E-state index contributed by atoms with van der Waals surface area (Å²) in [4.78, 5) is 9.40. The molecular weight excluding hydrogens is 480 g/mol. The van der Waals surface area contributed by atoms with Gasteiger partial charge in [0.05, 0.1) is 22.3 Å². The summed E-state index contributed by atoms with van der Waals surface area (Å²) < 4.78 is 1.39. The Hall–Kier alpha value is -3.95. The van der Waals surface area contributed by atoms with Crippen LogP contribution in [0, 0.1) is 5.92 Å². The first kappa shape index (κ1) is 22.1. The van der Waals surface area contributed by atoms with E-state index in [0.717, 1.165) is 30.8 Å². The second kappa shape index (κ2) is 8.82. The third-order valence-electron chi connectivity index (χ3n) is 8.47. The summed E-state index contributed by atoms with van der Waals surface area (Å²) >= 11 is 1.96. The van der Waals surface area contributed by atoms with Gasteiger partial charge in [0.15, 0.2) is 0 Å². The maximum atomic E-state index is 5.39. The van der Waals surface area contributed by atoms with Crippen LogP contribution in [0.1, 0.15) is 34.8 Å². The molecule has 3 heterocycles. The van der Waals surface area contributed by atoms with Crippen molar-refractivity contribution in [3.05, 3.63) is 137 Å². The van der Waals surface area contributed by atoms with Crippen molar-refractivity contribution in [2.75, 3.05) is 4.90 Å². The lowest BCUT2D eigenvalue weighted by molar-refractivity contribution is 0.654. The molecule has 4 aliphatic rings. The summed E-state index contributed by atoms with van der Waals surface area (Å²) in [5.41, 5.74) is 8.05. The predicted octanol–water partition coefficient (Wildman–Crippen LogP) is 8.85. The Labute approximate surface area is 227 Å². The van der Waals surface area contributed by atoms with Gasteiger partial charge in [-0.3, -0.25) is 0 Å². The van der Waals surface area contributed by atoms with Crippen LogP contribution >= 0.6 is 11.3 Å². The average Bonchev–Trinajstić information content (AvgIpc) is 3.54. The number of hydrogen-bond acceptors (Lipinski definition) is 3. The van der Waals surface area contributed by atoms with Crippen LogP contribution in [0.2, 0.25) is 0 Å². The Morgan fingerprint density at radius 1 is 0.816 bits per heavy atom. The van der Waals surface area contributed by atoms with E-state index >= 15 is 0 Å². The van der Waals surface area contributed by atoms with Gasteiger partial charge in [-0.15, -0.1) is 11.3 Å². The highest BCUT2D eigenvalue weighted by Crippen LogP contribution is 2.53. The van der Waals surface area contributed by atoms with Gasteiger partial charge in [-0.2, -0.15) is 0 Å². The highest BCUT2D eigenvalue weighted by Gasteiger charge is 2.43. The summed E-state index contributed by atoms with van der Waals surface area (Å²) in [7, 11) is 0. The van der Waals surface area contributed by atoms with E-state index in [1.807, 2.05) is 11.3 Å². The highest BCUT2D eigenvalue weighted by atomic mass is 32.1. The molecule has 2 aromatic heterocycles. The number of nitrogens with zero attached hydrogens (tertiary/aromatic N) is 2. The maximum absolute atomic E-state index is 5.39. The highest BCUT2D eigenvalue weighted by molar-refractivity contribution is 7.20. The van der Waals surface area contributed by atoms with Crippen molar-refractivity contribution < 1.29 is 0 Å². The Balaban J connectivity index is 1.35. The van der Waals surface area contributed by atoms with Crippen molar-refractivity contribution in [2.24, 2.45) is 5.92 Å². The van der Waals surface area contributed by atoms with E-state index in [4.69, 9.17) is 4.98 Å². The van der Waals surface area contributed by atoms with E-state index < -0.39 is 0 Å². The lowest BCUT2D eigenvalue weighted by atomic mass is 9.84. The molecular formula is C35H28N2S. The minimum absolute atomic E-state index is 0.259. The normalized spacial score (nSPS) is 23.2. The minimum Gasteiger partial charge on any atom is -0.317 e. The molecule has 4 aromatic rings. The fourth-order valence-corrected chi connectivity index (χ4v) is 8.02. The minimum atomic E-state index is 0.259. The number of allylic oxidation sites excluding steroid dienone is 6. The first-order chi connectivity index (χ1) is 18.8. The van der Waals surface area contributed by atoms with Crippen LogP contribution in [0.15, 0.2) is 121 Å². The molecule has 1 aliphatic heterocycles. The zero-order valence-corrected chi connectivity index (χ0v) is 21.9. The van der Waals surface area contributed by atoms with E-state index in [1.54, 1.807) is 5.57 Å².